The maximum absolute atomic E-state index is 14.6. The monoisotopic (exact) mass is 452 g/mol. The summed E-state index contributed by atoms with van der Waals surface area (Å²) in [6.07, 6.45) is 1.37. The highest BCUT2D eigenvalue weighted by Crippen LogP contribution is 2.51. The van der Waals surface area contributed by atoms with Gasteiger partial charge < -0.3 is 19.3 Å². The van der Waals surface area contributed by atoms with Crippen LogP contribution in [0, 0.1) is 5.82 Å². The van der Waals surface area contributed by atoms with Gasteiger partial charge in [0, 0.05) is 7.05 Å². The van der Waals surface area contributed by atoms with Crippen molar-refractivity contribution in [3.63, 3.8) is 0 Å². The van der Waals surface area contributed by atoms with E-state index in [-0.39, 0.29) is 18.4 Å². The van der Waals surface area contributed by atoms with Gasteiger partial charge in [0.25, 0.3) is 0 Å². The molecule has 2 aliphatic rings. The Bertz CT molecular complexity index is 1180. The lowest BCUT2D eigenvalue weighted by atomic mass is 9.94. The van der Waals surface area contributed by atoms with Crippen molar-refractivity contribution in [1.82, 2.24) is 4.72 Å². The van der Waals surface area contributed by atoms with Crippen molar-refractivity contribution >= 4 is 23.0 Å². The number of fused-ring (bicyclic) bond motifs is 1. The molecular formula is C24H21FN2O4S. The molecule has 0 spiro atoms. The number of halogens is 1. The minimum Gasteiger partial charge on any atom is -0.593 e. The maximum Gasteiger partial charge on any atom is 0.235 e. The fraction of sp³-hybridized carbons (Fsp3) is 0.208. The summed E-state index contributed by atoms with van der Waals surface area (Å²) in [5.41, 5.74) is 1.85. The summed E-state index contributed by atoms with van der Waals surface area (Å²) < 4.78 is 39.9. The van der Waals surface area contributed by atoms with Crippen molar-refractivity contribution in [2.24, 2.45) is 0 Å². The van der Waals surface area contributed by atoms with Crippen molar-refractivity contribution < 1.29 is 23.2 Å². The number of amides is 1. The largest absolute Gasteiger partial charge is 0.593 e. The highest BCUT2D eigenvalue weighted by molar-refractivity contribution is 7.89. The van der Waals surface area contributed by atoms with E-state index in [0.29, 0.717) is 29.2 Å². The normalized spacial score (nSPS) is 16.5. The predicted molar refractivity (Wildman–Crippen MR) is 119 cm³/mol. The van der Waals surface area contributed by atoms with Crippen LogP contribution < -0.4 is 19.5 Å². The fourth-order valence-electron chi connectivity index (χ4n) is 3.90. The Morgan fingerprint density at radius 2 is 1.72 bits per heavy atom. The number of anilines is 1. The van der Waals surface area contributed by atoms with Gasteiger partial charge in [-0.15, -0.1) is 4.72 Å². The molecule has 0 bridgehead atoms. The molecule has 0 aromatic heterocycles. The van der Waals surface area contributed by atoms with E-state index in [4.69, 9.17) is 9.47 Å². The van der Waals surface area contributed by atoms with Gasteiger partial charge in [-0.2, -0.15) is 0 Å². The Labute approximate surface area is 188 Å². The Hall–Kier alpha value is -3.07. The Balaban J connectivity index is 1.38. The number of benzene rings is 3. The van der Waals surface area contributed by atoms with Crippen LogP contribution in [0.2, 0.25) is 0 Å². The molecule has 8 heteroatoms. The highest BCUT2D eigenvalue weighted by Gasteiger charge is 2.51. The average Bonchev–Trinajstić information content (AvgIpc) is 3.51. The SMILES string of the molecule is CN[S+]([O-])c1ccc(-c2ccc(F)c(NC(=O)C3(c4ccc5c(c4)OCO5)CC3)c2)cc1. The van der Waals surface area contributed by atoms with Gasteiger partial charge in [0.2, 0.25) is 12.7 Å². The number of carbonyl (C=O) groups is 1. The summed E-state index contributed by atoms with van der Waals surface area (Å²) in [5.74, 6) is 0.536. The van der Waals surface area contributed by atoms with Gasteiger partial charge in [0.15, 0.2) is 16.4 Å². The maximum atomic E-state index is 14.6. The van der Waals surface area contributed by atoms with E-state index in [9.17, 15) is 13.7 Å². The van der Waals surface area contributed by atoms with Crippen molar-refractivity contribution in [2.45, 2.75) is 23.2 Å². The molecule has 1 saturated carbocycles. The molecule has 1 atom stereocenters. The molecule has 0 radical (unpaired) electrons. The molecule has 164 valence electrons. The zero-order valence-corrected chi connectivity index (χ0v) is 18.1. The third-order valence-electron chi connectivity index (χ3n) is 5.91. The average molecular weight is 453 g/mol. The van der Waals surface area contributed by atoms with Crippen LogP contribution in [-0.4, -0.2) is 24.3 Å². The molecule has 0 saturated heterocycles. The smallest absolute Gasteiger partial charge is 0.235 e. The number of hydrogen-bond donors (Lipinski definition) is 2. The third-order valence-corrected chi connectivity index (χ3v) is 6.98. The third kappa shape index (κ3) is 3.70. The summed E-state index contributed by atoms with van der Waals surface area (Å²) in [6, 6.07) is 17.2. The van der Waals surface area contributed by atoms with Gasteiger partial charge in [-0.1, -0.05) is 12.1 Å². The first-order valence-electron chi connectivity index (χ1n) is 10.2. The van der Waals surface area contributed by atoms with Crippen LogP contribution in [0.5, 0.6) is 11.5 Å². The van der Waals surface area contributed by atoms with Crippen LogP contribution in [0.25, 0.3) is 11.1 Å². The van der Waals surface area contributed by atoms with Gasteiger partial charge in [-0.3, -0.25) is 4.79 Å². The van der Waals surface area contributed by atoms with E-state index in [1.54, 1.807) is 37.4 Å². The standard InChI is InChI=1S/C24H21FN2O4S/c1-26-32(29)18-6-2-15(3-7-18)16-4-8-19(25)20(12-16)27-23(28)24(10-11-24)17-5-9-21-22(13-17)31-14-30-21/h2-9,12-13,26H,10-11,14H2,1H3,(H,27,28). The second-order valence-corrected chi connectivity index (χ2v) is 9.21. The summed E-state index contributed by atoms with van der Waals surface area (Å²) >= 11 is -1.28. The first-order chi connectivity index (χ1) is 15.5. The van der Waals surface area contributed by atoms with Crippen molar-refractivity contribution in [3.8, 4) is 22.6 Å². The van der Waals surface area contributed by atoms with E-state index in [1.165, 1.54) is 6.07 Å². The summed E-state index contributed by atoms with van der Waals surface area (Å²) in [6.45, 7) is 0.168. The zero-order valence-electron chi connectivity index (χ0n) is 17.3. The van der Waals surface area contributed by atoms with E-state index >= 15 is 0 Å². The zero-order chi connectivity index (χ0) is 22.3. The topological polar surface area (TPSA) is 82.7 Å². The highest BCUT2D eigenvalue weighted by atomic mass is 32.2. The van der Waals surface area contributed by atoms with Crippen LogP contribution in [0.4, 0.5) is 10.1 Å². The predicted octanol–water partition coefficient (Wildman–Crippen LogP) is 4.13. The molecule has 1 aliphatic carbocycles. The molecule has 32 heavy (non-hydrogen) atoms. The van der Waals surface area contributed by atoms with Crippen molar-refractivity contribution in [2.75, 3.05) is 19.2 Å². The quantitative estimate of drug-likeness (QED) is 0.550. The van der Waals surface area contributed by atoms with E-state index in [2.05, 4.69) is 10.0 Å². The molecule has 1 aliphatic heterocycles. The lowest BCUT2D eigenvalue weighted by Gasteiger charge is -2.17. The number of hydrogen-bond acceptors (Lipinski definition) is 5. The van der Waals surface area contributed by atoms with Gasteiger partial charge >= 0.3 is 0 Å². The Morgan fingerprint density at radius 3 is 2.44 bits per heavy atom. The Kier molecular flexibility index (Phi) is 5.28. The molecule has 1 fully saturated rings. The summed E-state index contributed by atoms with van der Waals surface area (Å²) in [7, 11) is 1.62. The number of nitrogens with one attached hydrogen (secondary N) is 2. The van der Waals surface area contributed by atoms with Gasteiger partial charge in [-0.05, 0) is 78.1 Å². The van der Waals surface area contributed by atoms with E-state index in [1.807, 2.05) is 24.3 Å². The number of rotatable bonds is 6. The van der Waals surface area contributed by atoms with Crippen molar-refractivity contribution in [1.29, 1.82) is 0 Å². The molecule has 1 unspecified atom stereocenters. The summed E-state index contributed by atoms with van der Waals surface area (Å²) in [4.78, 5) is 13.8. The Morgan fingerprint density at radius 1 is 1.00 bits per heavy atom. The first-order valence-corrected chi connectivity index (χ1v) is 11.4. The molecular weight excluding hydrogens is 431 g/mol. The second-order valence-electron chi connectivity index (χ2n) is 7.80. The minimum absolute atomic E-state index is 0.127. The van der Waals surface area contributed by atoms with E-state index in [0.717, 1.165) is 16.7 Å². The molecule has 2 N–H and O–H groups in total. The first kappa shape index (κ1) is 20.8. The molecule has 6 nitrogen and oxygen atoms in total. The second kappa shape index (κ2) is 8.12. The van der Waals surface area contributed by atoms with Crippen LogP contribution in [0.1, 0.15) is 18.4 Å². The molecule has 1 heterocycles. The number of carbonyl (C=O) groups excluding carboxylic acids is 1. The number of ether oxygens (including phenoxy) is 2. The van der Waals surface area contributed by atoms with E-state index < -0.39 is 22.6 Å². The van der Waals surface area contributed by atoms with Gasteiger partial charge in [0.1, 0.15) is 5.82 Å². The van der Waals surface area contributed by atoms with Crippen LogP contribution in [-0.2, 0) is 21.6 Å². The lowest BCUT2D eigenvalue weighted by Crippen LogP contribution is -2.28. The molecule has 3 aromatic carbocycles. The molecule has 5 rings (SSSR count). The fourth-order valence-corrected chi connectivity index (χ4v) is 4.52. The molecule has 3 aromatic rings. The van der Waals surface area contributed by atoms with Crippen LogP contribution >= 0.6 is 0 Å². The van der Waals surface area contributed by atoms with Gasteiger partial charge in [0.05, 0.1) is 22.5 Å². The minimum atomic E-state index is -1.28. The van der Waals surface area contributed by atoms with Crippen molar-refractivity contribution in [3.05, 3.63) is 72.0 Å². The van der Waals surface area contributed by atoms with Crippen LogP contribution in [0.15, 0.2) is 65.6 Å². The van der Waals surface area contributed by atoms with Crippen LogP contribution in [0.3, 0.4) is 0 Å². The summed E-state index contributed by atoms with van der Waals surface area (Å²) in [5, 5.41) is 2.78. The lowest BCUT2D eigenvalue weighted by molar-refractivity contribution is -0.118. The molecule has 1 amide bonds. The van der Waals surface area contributed by atoms with Gasteiger partial charge in [-0.25, -0.2) is 4.39 Å².